The van der Waals surface area contributed by atoms with E-state index in [9.17, 15) is 13.4 Å². The van der Waals surface area contributed by atoms with Crippen LogP contribution in [0.15, 0.2) is 56.6 Å². The van der Waals surface area contributed by atoms with Crippen LogP contribution >= 0.6 is 0 Å². The average molecular weight is 402 g/mol. The predicted molar refractivity (Wildman–Crippen MR) is 107 cm³/mol. The van der Waals surface area contributed by atoms with E-state index in [4.69, 9.17) is 4.42 Å². The number of aromatic amines is 1. The molecule has 1 N–H and O–H groups in total. The minimum Gasteiger partial charge on any atom is -0.408 e. The number of halogens is 1. The minimum atomic E-state index is -1.16. The normalized spacial score (nSPS) is 19.1. The van der Waals surface area contributed by atoms with Crippen molar-refractivity contribution in [3.63, 3.8) is 0 Å². The van der Waals surface area contributed by atoms with E-state index in [1.165, 1.54) is 18.6 Å². The molecule has 2 aromatic carbocycles. The van der Waals surface area contributed by atoms with E-state index in [1.807, 2.05) is 12.1 Å². The Morgan fingerprint density at radius 1 is 1.18 bits per heavy atom. The summed E-state index contributed by atoms with van der Waals surface area (Å²) in [6, 6.07) is 12.3. The van der Waals surface area contributed by atoms with E-state index in [0.29, 0.717) is 27.8 Å². The van der Waals surface area contributed by atoms with Crippen LogP contribution in [0.3, 0.4) is 0 Å². The van der Waals surface area contributed by atoms with Crippen LogP contribution in [0.25, 0.3) is 11.1 Å². The minimum absolute atomic E-state index is 0.213. The molecule has 1 aliphatic heterocycles. The van der Waals surface area contributed by atoms with Gasteiger partial charge < -0.3 is 4.42 Å². The summed E-state index contributed by atoms with van der Waals surface area (Å²) in [4.78, 5) is 16.9. The Hall–Kier alpha value is -2.25. The van der Waals surface area contributed by atoms with Crippen molar-refractivity contribution in [2.24, 2.45) is 0 Å². The van der Waals surface area contributed by atoms with Crippen molar-refractivity contribution in [1.29, 1.82) is 0 Å². The Kier molecular flexibility index (Phi) is 5.73. The molecule has 0 bridgehead atoms. The number of H-pyrrole nitrogens is 1. The molecule has 1 fully saturated rings. The molecule has 2 heterocycles. The van der Waals surface area contributed by atoms with Crippen molar-refractivity contribution in [2.75, 3.05) is 18.8 Å². The molecule has 148 valence electrons. The molecule has 28 heavy (non-hydrogen) atoms. The van der Waals surface area contributed by atoms with Crippen LogP contribution in [0.5, 0.6) is 0 Å². The van der Waals surface area contributed by atoms with Gasteiger partial charge in [-0.1, -0.05) is 18.6 Å². The van der Waals surface area contributed by atoms with Gasteiger partial charge in [-0.05, 0) is 61.7 Å². The number of oxazole rings is 1. The highest BCUT2D eigenvalue weighted by Gasteiger charge is 2.23. The van der Waals surface area contributed by atoms with Gasteiger partial charge in [0.1, 0.15) is 5.82 Å². The molecular formula is C21H23FN2O3S. The molecule has 0 amide bonds. The van der Waals surface area contributed by atoms with Gasteiger partial charge >= 0.3 is 5.76 Å². The summed E-state index contributed by atoms with van der Waals surface area (Å²) in [6.07, 6.45) is 4.32. The van der Waals surface area contributed by atoms with E-state index in [2.05, 4.69) is 9.88 Å². The Labute approximate surface area is 165 Å². The second-order valence-electron chi connectivity index (χ2n) is 7.24. The molecule has 1 aliphatic rings. The third-order valence-corrected chi connectivity index (χ3v) is 6.69. The number of fused-ring (bicyclic) bond motifs is 1. The van der Waals surface area contributed by atoms with Gasteiger partial charge in [-0.15, -0.1) is 0 Å². The maximum Gasteiger partial charge on any atom is 0.417 e. The van der Waals surface area contributed by atoms with E-state index in [-0.39, 0.29) is 5.82 Å². The van der Waals surface area contributed by atoms with Crippen LogP contribution in [-0.2, 0) is 17.2 Å². The number of hydrogen-bond donors (Lipinski definition) is 1. The summed E-state index contributed by atoms with van der Waals surface area (Å²) < 4.78 is 31.0. The molecule has 5 nitrogen and oxygen atoms in total. The van der Waals surface area contributed by atoms with Crippen LogP contribution in [0.4, 0.5) is 4.39 Å². The van der Waals surface area contributed by atoms with E-state index in [0.717, 1.165) is 37.9 Å². The number of nitrogens with one attached hydrogen (secondary N) is 1. The smallest absolute Gasteiger partial charge is 0.408 e. The Bertz CT molecular complexity index is 1030. The number of benzene rings is 2. The third kappa shape index (κ3) is 4.42. The monoisotopic (exact) mass is 402 g/mol. The Morgan fingerprint density at radius 3 is 2.82 bits per heavy atom. The fourth-order valence-corrected chi connectivity index (χ4v) is 4.96. The van der Waals surface area contributed by atoms with Crippen molar-refractivity contribution in [3.8, 4) is 0 Å². The van der Waals surface area contributed by atoms with Gasteiger partial charge in [0, 0.05) is 23.2 Å². The van der Waals surface area contributed by atoms with Gasteiger partial charge in [-0.3, -0.25) is 14.1 Å². The summed E-state index contributed by atoms with van der Waals surface area (Å²) in [6.45, 7) is 1.74. The highest BCUT2D eigenvalue weighted by atomic mass is 32.2. The van der Waals surface area contributed by atoms with Crippen LogP contribution < -0.4 is 5.76 Å². The number of likely N-dealkylation sites (tertiary alicyclic amines) is 1. The lowest BCUT2D eigenvalue weighted by molar-refractivity contribution is 0.156. The second-order valence-corrected chi connectivity index (χ2v) is 8.81. The van der Waals surface area contributed by atoms with Gasteiger partial charge in [0.2, 0.25) is 0 Å². The van der Waals surface area contributed by atoms with Crippen LogP contribution in [-0.4, -0.2) is 39.0 Å². The first-order chi connectivity index (χ1) is 13.6. The van der Waals surface area contributed by atoms with Crippen molar-refractivity contribution in [3.05, 3.63) is 64.4 Å². The van der Waals surface area contributed by atoms with Gasteiger partial charge in [0.25, 0.3) is 0 Å². The molecule has 4 rings (SSSR count). The maximum atomic E-state index is 13.1. The topological polar surface area (TPSA) is 66.3 Å². The molecule has 2 unspecified atom stereocenters. The average Bonchev–Trinajstić information content (AvgIpc) is 3.08. The number of rotatable bonds is 6. The van der Waals surface area contributed by atoms with Gasteiger partial charge in [0.05, 0.1) is 16.3 Å². The molecule has 0 spiro atoms. The lowest BCUT2D eigenvalue weighted by atomic mass is 9.96. The van der Waals surface area contributed by atoms with Crippen LogP contribution in [0, 0.1) is 5.82 Å². The summed E-state index contributed by atoms with van der Waals surface area (Å²) in [5, 5.41) is 0. The zero-order valence-corrected chi connectivity index (χ0v) is 16.3. The molecule has 0 aliphatic carbocycles. The number of hydrogen-bond acceptors (Lipinski definition) is 4. The first-order valence-corrected chi connectivity index (χ1v) is 10.9. The quantitative estimate of drug-likeness (QED) is 0.686. The molecular weight excluding hydrogens is 379 g/mol. The van der Waals surface area contributed by atoms with Crippen LogP contribution in [0.2, 0.25) is 0 Å². The Morgan fingerprint density at radius 2 is 2.00 bits per heavy atom. The number of nitrogens with zero attached hydrogens (tertiary/aromatic N) is 1. The standard InChI is InChI=1S/C21H23FN2O3S/c22-16-6-4-15(5-7-16)13-17-3-1-2-10-24(17)11-12-28(26)18-8-9-19-20(14-18)27-21(25)23-19/h4-9,14,17H,1-3,10-13H2,(H,23,25). The highest BCUT2D eigenvalue weighted by Crippen LogP contribution is 2.22. The third-order valence-electron chi connectivity index (χ3n) is 5.35. The van der Waals surface area contributed by atoms with E-state index < -0.39 is 16.6 Å². The second kappa shape index (κ2) is 8.41. The van der Waals surface area contributed by atoms with Crippen molar-refractivity contribution in [2.45, 2.75) is 36.6 Å². The summed E-state index contributed by atoms with van der Waals surface area (Å²) in [5.41, 5.74) is 2.18. The molecule has 1 aromatic heterocycles. The number of aromatic nitrogens is 1. The molecule has 2 atom stereocenters. The largest absolute Gasteiger partial charge is 0.417 e. The lowest BCUT2D eigenvalue weighted by Gasteiger charge is -2.35. The summed E-state index contributed by atoms with van der Waals surface area (Å²) in [5.74, 6) is -0.190. The van der Waals surface area contributed by atoms with Crippen molar-refractivity contribution >= 4 is 21.9 Å². The predicted octanol–water partition coefficient (Wildman–Crippen LogP) is 3.47. The summed E-state index contributed by atoms with van der Waals surface area (Å²) >= 11 is 0. The number of piperidine rings is 1. The molecule has 3 aromatic rings. The highest BCUT2D eigenvalue weighted by molar-refractivity contribution is 7.85. The van der Waals surface area contributed by atoms with E-state index >= 15 is 0 Å². The summed E-state index contributed by atoms with van der Waals surface area (Å²) in [7, 11) is -1.16. The first kappa shape index (κ1) is 19.1. The van der Waals surface area contributed by atoms with Crippen molar-refractivity contribution < 1.29 is 13.0 Å². The first-order valence-electron chi connectivity index (χ1n) is 9.58. The fourth-order valence-electron chi connectivity index (χ4n) is 3.86. The van der Waals surface area contributed by atoms with Gasteiger partial charge in [-0.2, -0.15) is 0 Å². The fraction of sp³-hybridized carbons (Fsp3) is 0.381. The van der Waals surface area contributed by atoms with Gasteiger partial charge in [0.15, 0.2) is 5.58 Å². The SMILES string of the molecule is O=c1[nH]c2ccc(S(=O)CCN3CCCCC3Cc3ccc(F)cc3)cc2o1. The molecule has 7 heteroatoms. The Balaban J connectivity index is 1.40. The zero-order chi connectivity index (χ0) is 19.5. The zero-order valence-electron chi connectivity index (χ0n) is 15.5. The van der Waals surface area contributed by atoms with E-state index in [1.54, 1.807) is 18.2 Å². The lowest BCUT2D eigenvalue weighted by Crippen LogP contribution is -2.42. The molecule has 1 saturated heterocycles. The van der Waals surface area contributed by atoms with Crippen LogP contribution in [0.1, 0.15) is 24.8 Å². The molecule has 0 saturated carbocycles. The van der Waals surface area contributed by atoms with Crippen molar-refractivity contribution in [1.82, 2.24) is 9.88 Å². The maximum absolute atomic E-state index is 13.1. The molecule has 0 radical (unpaired) electrons. The van der Waals surface area contributed by atoms with Gasteiger partial charge in [-0.25, -0.2) is 9.18 Å².